The summed E-state index contributed by atoms with van der Waals surface area (Å²) in [5.41, 5.74) is 0. The molecule has 3 fully saturated rings. The summed E-state index contributed by atoms with van der Waals surface area (Å²) in [6.45, 7) is 4.28. The van der Waals surface area contributed by atoms with Gasteiger partial charge in [0.15, 0.2) is 0 Å². The first-order valence-corrected chi connectivity index (χ1v) is 8.60. The van der Waals surface area contributed by atoms with E-state index in [2.05, 4.69) is 28.0 Å². The second-order valence-electron chi connectivity index (χ2n) is 7.18. The molecule has 0 spiro atoms. The van der Waals surface area contributed by atoms with Crippen LogP contribution in [-0.4, -0.2) is 15.6 Å². The van der Waals surface area contributed by atoms with Gasteiger partial charge < -0.3 is 9.88 Å². The maximum Gasteiger partial charge on any atom is 0.122 e. The Bertz CT molecular complexity index is 467. The van der Waals surface area contributed by atoms with Crippen molar-refractivity contribution < 1.29 is 0 Å². The third-order valence-electron chi connectivity index (χ3n) is 6.22. The minimum Gasteiger partial charge on any atom is -0.334 e. The van der Waals surface area contributed by atoms with Crippen molar-refractivity contribution >= 4 is 0 Å². The predicted molar refractivity (Wildman–Crippen MR) is 80.2 cm³/mol. The van der Waals surface area contributed by atoms with Crippen LogP contribution in [0.25, 0.3) is 0 Å². The van der Waals surface area contributed by atoms with Crippen LogP contribution in [-0.2, 0) is 13.1 Å². The van der Waals surface area contributed by atoms with Gasteiger partial charge in [-0.25, -0.2) is 4.98 Å². The molecule has 1 aromatic rings. The van der Waals surface area contributed by atoms with E-state index in [0.29, 0.717) is 0 Å². The quantitative estimate of drug-likeness (QED) is 0.893. The van der Waals surface area contributed by atoms with Gasteiger partial charge in [0.05, 0.1) is 6.54 Å². The Morgan fingerprint density at radius 3 is 3.05 bits per heavy atom. The Hall–Kier alpha value is -0.830. The van der Waals surface area contributed by atoms with Gasteiger partial charge in [0.1, 0.15) is 5.82 Å². The number of nitrogens with zero attached hydrogens (tertiary/aromatic N) is 2. The molecule has 5 unspecified atom stereocenters. The van der Waals surface area contributed by atoms with E-state index in [4.69, 9.17) is 0 Å². The standard InChI is InChI=1S/C17H27N3/c1-2-7-20-8-6-18-17(20)11-19-16-10-12-9-15(16)14-5-3-4-13(12)14/h6,8,12-16,19H,2-5,7,9-11H2,1H3. The lowest BCUT2D eigenvalue weighted by Crippen LogP contribution is -2.39. The van der Waals surface area contributed by atoms with Crippen LogP contribution in [0.1, 0.15) is 51.3 Å². The molecule has 0 aromatic carbocycles. The van der Waals surface area contributed by atoms with Crippen molar-refractivity contribution in [3.63, 3.8) is 0 Å². The Morgan fingerprint density at radius 2 is 2.15 bits per heavy atom. The second-order valence-corrected chi connectivity index (χ2v) is 7.18. The molecule has 5 atom stereocenters. The Balaban J connectivity index is 1.38. The molecule has 0 radical (unpaired) electrons. The Morgan fingerprint density at radius 1 is 1.25 bits per heavy atom. The molecule has 2 bridgehead atoms. The van der Waals surface area contributed by atoms with Gasteiger partial charge in [-0.1, -0.05) is 13.3 Å². The van der Waals surface area contributed by atoms with Crippen LogP contribution >= 0.6 is 0 Å². The smallest absolute Gasteiger partial charge is 0.122 e. The first kappa shape index (κ1) is 12.9. The largest absolute Gasteiger partial charge is 0.334 e. The number of nitrogens with one attached hydrogen (secondary N) is 1. The van der Waals surface area contributed by atoms with E-state index in [9.17, 15) is 0 Å². The first-order valence-electron chi connectivity index (χ1n) is 8.60. The van der Waals surface area contributed by atoms with Crippen molar-refractivity contribution in [2.24, 2.45) is 23.7 Å². The van der Waals surface area contributed by atoms with E-state index >= 15 is 0 Å². The predicted octanol–water partition coefficient (Wildman–Crippen LogP) is 3.21. The lowest BCUT2D eigenvalue weighted by molar-refractivity contribution is 0.207. The molecule has 0 aliphatic heterocycles. The van der Waals surface area contributed by atoms with Gasteiger partial charge in [-0.15, -0.1) is 0 Å². The summed E-state index contributed by atoms with van der Waals surface area (Å²) in [7, 11) is 0. The summed E-state index contributed by atoms with van der Waals surface area (Å²) >= 11 is 0. The Kier molecular flexibility index (Phi) is 3.33. The van der Waals surface area contributed by atoms with Crippen molar-refractivity contribution in [1.82, 2.24) is 14.9 Å². The molecule has 1 heterocycles. The molecule has 1 aromatic heterocycles. The third kappa shape index (κ3) is 2.02. The molecule has 0 saturated heterocycles. The van der Waals surface area contributed by atoms with Crippen LogP contribution in [0, 0.1) is 23.7 Å². The number of aryl methyl sites for hydroxylation is 1. The van der Waals surface area contributed by atoms with Crippen LogP contribution < -0.4 is 5.32 Å². The molecule has 3 aliphatic carbocycles. The summed E-state index contributed by atoms with van der Waals surface area (Å²) in [6, 6.07) is 0.770. The van der Waals surface area contributed by atoms with Gasteiger partial charge in [-0.05, 0) is 55.8 Å². The van der Waals surface area contributed by atoms with Crippen molar-refractivity contribution in [3.8, 4) is 0 Å². The van der Waals surface area contributed by atoms with Gasteiger partial charge in [0.2, 0.25) is 0 Å². The lowest BCUT2D eigenvalue weighted by atomic mass is 9.79. The molecule has 1 N–H and O–H groups in total. The van der Waals surface area contributed by atoms with E-state index in [-0.39, 0.29) is 0 Å². The number of imidazole rings is 1. The third-order valence-corrected chi connectivity index (χ3v) is 6.22. The van der Waals surface area contributed by atoms with Crippen LogP contribution in [0.2, 0.25) is 0 Å². The van der Waals surface area contributed by atoms with Gasteiger partial charge in [-0.2, -0.15) is 0 Å². The number of rotatable bonds is 5. The highest BCUT2D eigenvalue weighted by atomic mass is 15.1. The fourth-order valence-corrected chi connectivity index (χ4v) is 5.48. The zero-order valence-electron chi connectivity index (χ0n) is 12.6. The molecule has 20 heavy (non-hydrogen) atoms. The number of aromatic nitrogens is 2. The molecule has 0 amide bonds. The summed E-state index contributed by atoms with van der Waals surface area (Å²) in [5, 5.41) is 3.84. The van der Waals surface area contributed by atoms with Crippen molar-refractivity contribution in [2.75, 3.05) is 0 Å². The molecule has 110 valence electrons. The molecule has 3 saturated carbocycles. The van der Waals surface area contributed by atoms with E-state index in [1.807, 2.05) is 6.20 Å². The highest BCUT2D eigenvalue weighted by Gasteiger charge is 2.53. The molecular weight excluding hydrogens is 246 g/mol. The van der Waals surface area contributed by atoms with E-state index in [0.717, 1.165) is 42.8 Å². The minimum atomic E-state index is 0.770. The maximum absolute atomic E-state index is 4.52. The topological polar surface area (TPSA) is 29.9 Å². The van der Waals surface area contributed by atoms with Crippen LogP contribution in [0.5, 0.6) is 0 Å². The van der Waals surface area contributed by atoms with E-state index in [1.165, 1.54) is 44.3 Å². The molecule has 3 nitrogen and oxygen atoms in total. The van der Waals surface area contributed by atoms with Crippen molar-refractivity contribution in [2.45, 2.75) is 64.6 Å². The number of hydrogen-bond acceptors (Lipinski definition) is 2. The molecule has 4 rings (SSSR count). The monoisotopic (exact) mass is 273 g/mol. The highest BCUT2D eigenvalue weighted by Crippen LogP contribution is 2.58. The fraction of sp³-hybridized carbons (Fsp3) is 0.824. The summed E-state index contributed by atoms with van der Waals surface area (Å²) < 4.78 is 2.30. The highest BCUT2D eigenvalue weighted by molar-refractivity contribution is 5.06. The van der Waals surface area contributed by atoms with Crippen LogP contribution in [0.15, 0.2) is 12.4 Å². The van der Waals surface area contributed by atoms with E-state index < -0.39 is 0 Å². The van der Waals surface area contributed by atoms with Gasteiger partial charge in [0, 0.05) is 25.0 Å². The molecule has 3 heteroatoms. The minimum absolute atomic E-state index is 0.770. The average Bonchev–Trinajstić information content (AvgIpc) is 3.19. The van der Waals surface area contributed by atoms with Gasteiger partial charge >= 0.3 is 0 Å². The van der Waals surface area contributed by atoms with Crippen molar-refractivity contribution in [3.05, 3.63) is 18.2 Å². The molecule has 3 aliphatic rings. The fourth-order valence-electron chi connectivity index (χ4n) is 5.48. The summed E-state index contributed by atoms with van der Waals surface area (Å²) in [5.74, 6) is 5.39. The SMILES string of the molecule is CCCn1ccnc1CNC1CC2CC1C1CCCC21. The normalized spacial score (nSPS) is 38.5. The first-order chi connectivity index (χ1) is 9.86. The van der Waals surface area contributed by atoms with Crippen molar-refractivity contribution in [1.29, 1.82) is 0 Å². The zero-order chi connectivity index (χ0) is 13.5. The maximum atomic E-state index is 4.52. The second kappa shape index (κ2) is 5.18. The average molecular weight is 273 g/mol. The summed E-state index contributed by atoms with van der Waals surface area (Å²) in [6.07, 6.45) is 12.7. The molecular formula is C17H27N3. The van der Waals surface area contributed by atoms with Gasteiger partial charge in [0.25, 0.3) is 0 Å². The Labute approximate surface area is 122 Å². The van der Waals surface area contributed by atoms with Crippen LogP contribution in [0.4, 0.5) is 0 Å². The van der Waals surface area contributed by atoms with Gasteiger partial charge in [-0.3, -0.25) is 0 Å². The lowest BCUT2D eigenvalue weighted by Gasteiger charge is -2.32. The van der Waals surface area contributed by atoms with Crippen LogP contribution in [0.3, 0.4) is 0 Å². The number of hydrogen-bond donors (Lipinski definition) is 1. The number of fused-ring (bicyclic) bond motifs is 5. The zero-order valence-corrected chi connectivity index (χ0v) is 12.6. The summed E-state index contributed by atoms with van der Waals surface area (Å²) in [4.78, 5) is 4.52. The van der Waals surface area contributed by atoms with E-state index in [1.54, 1.807) is 0 Å².